The number of carbonyl (C=O) groups is 1. The molecule has 0 radical (unpaired) electrons. The third-order valence-electron chi connectivity index (χ3n) is 1.99. The topological polar surface area (TPSA) is 52.3 Å². The van der Waals surface area contributed by atoms with E-state index in [0.29, 0.717) is 11.7 Å². The molecule has 4 heteroatoms. The fourth-order valence-electron chi connectivity index (χ4n) is 1.14. The molecule has 1 amide bonds. The number of nitrogens with two attached hydrogens (primary N) is 1. The van der Waals surface area contributed by atoms with Crippen LogP contribution in [0.3, 0.4) is 0 Å². The summed E-state index contributed by atoms with van der Waals surface area (Å²) >= 11 is 3.39. The van der Waals surface area contributed by atoms with E-state index >= 15 is 0 Å². The Hall–Kier alpha value is -1.03. The van der Waals surface area contributed by atoms with E-state index in [9.17, 15) is 4.79 Å². The molecular weight excluding hydrogens is 258 g/mol. The molecule has 0 fully saturated rings. The van der Waals surface area contributed by atoms with Gasteiger partial charge in [0.2, 0.25) is 0 Å². The van der Waals surface area contributed by atoms with Gasteiger partial charge in [0.15, 0.2) is 6.61 Å². The van der Waals surface area contributed by atoms with Crippen molar-refractivity contribution < 1.29 is 9.53 Å². The largest absolute Gasteiger partial charge is 0.483 e. The first-order valence-electron chi connectivity index (χ1n) is 4.71. The molecule has 0 atom stereocenters. The predicted octanol–water partition coefficient (Wildman–Crippen LogP) is 2.44. The second-order valence-electron chi connectivity index (χ2n) is 3.60. The van der Waals surface area contributed by atoms with E-state index in [-0.39, 0.29) is 6.61 Å². The molecule has 1 rings (SSSR count). The second kappa shape index (κ2) is 5.16. The predicted molar refractivity (Wildman–Crippen MR) is 62.9 cm³/mol. The SMILES string of the molecule is CC(C)c1ccc(OCC(N)=O)c(Br)c1. The minimum atomic E-state index is -0.477. The summed E-state index contributed by atoms with van der Waals surface area (Å²) in [5, 5.41) is 0. The average Bonchev–Trinajstić information content (AvgIpc) is 2.15. The maximum Gasteiger partial charge on any atom is 0.255 e. The minimum Gasteiger partial charge on any atom is -0.483 e. The van der Waals surface area contributed by atoms with E-state index in [1.807, 2.05) is 18.2 Å². The minimum absolute atomic E-state index is 0.0976. The Labute approximate surface area is 97.7 Å². The Balaban J connectivity index is 2.79. The molecule has 2 N–H and O–H groups in total. The van der Waals surface area contributed by atoms with Crippen molar-refractivity contribution in [3.05, 3.63) is 28.2 Å². The van der Waals surface area contributed by atoms with Crippen LogP contribution in [0.4, 0.5) is 0 Å². The van der Waals surface area contributed by atoms with Gasteiger partial charge >= 0.3 is 0 Å². The molecule has 1 aromatic rings. The summed E-state index contributed by atoms with van der Waals surface area (Å²) in [6.45, 7) is 4.14. The fourth-order valence-corrected chi connectivity index (χ4v) is 1.65. The third kappa shape index (κ3) is 3.55. The number of halogens is 1. The van der Waals surface area contributed by atoms with Crippen LogP contribution in [0.25, 0.3) is 0 Å². The lowest BCUT2D eigenvalue weighted by atomic mass is 10.0. The zero-order valence-corrected chi connectivity index (χ0v) is 10.4. The number of amides is 1. The van der Waals surface area contributed by atoms with Crippen molar-refractivity contribution in [2.75, 3.05) is 6.61 Å². The standard InChI is InChI=1S/C11H14BrNO2/c1-7(2)8-3-4-10(9(12)5-8)15-6-11(13)14/h3-5,7H,6H2,1-2H3,(H2,13,14). The molecule has 0 aliphatic carbocycles. The van der Waals surface area contributed by atoms with Crippen LogP contribution in [0.2, 0.25) is 0 Å². The summed E-state index contributed by atoms with van der Waals surface area (Å²) in [6, 6.07) is 5.80. The zero-order valence-electron chi connectivity index (χ0n) is 8.79. The molecule has 0 saturated carbocycles. The van der Waals surface area contributed by atoms with Gasteiger partial charge in [0.1, 0.15) is 5.75 Å². The van der Waals surface area contributed by atoms with Crippen LogP contribution in [0.1, 0.15) is 25.3 Å². The van der Waals surface area contributed by atoms with Gasteiger partial charge in [-0.15, -0.1) is 0 Å². The maximum absolute atomic E-state index is 10.5. The summed E-state index contributed by atoms with van der Waals surface area (Å²) in [7, 11) is 0. The van der Waals surface area contributed by atoms with Gasteiger partial charge in [-0.3, -0.25) is 4.79 Å². The molecule has 0 aromatic heterocycles. The van der Waals surface area contributed by atoms with E-state index in [0.717, 1.165) is 4.47 Å². The second-order valence-corrected chi connectivity index (χ2v) is 4.45. The molecule has 0 unspecified atom stereocenters. The van der Waals surface area contributed by atoms with E-state index in [1.165, 1.54) is 5.56 Å². The lowest BCUT2D eigenvalue weighted by Gasteiger charge is -2.10. The van der Waals surface area contributed by atoms with Crippen molar-refractivity contribution in [1.82, 2.24) is 0 Å². The molecule has 0 aliphatic heterocycles. The number of hydrogen-bond acceptors (Lipinski definition) is 2. The normalized spacial score (nSPS) is 10.4. The fraction of sp³-hybridized carbons (Fsp3) is 0.364. The van der Waals surface area contributed by atoms with Crippen molar-refractivity contribution in [3.8, 4) is 5.75 Å². The Morgan fingerprint density at radius 3 is 2.67 bits per heavy atom. The summed E-state index contributed by atoms with van der Waals surface area (Å²) in [6.07, 6.45) is 0. The van der Waals surface area contributed by atoms with Crippen molar-refractivity contribution >= 4 is 21.8 Å². The molecule has 0 saturated heterocycles. The molecule has 0 heterocycles. The number of hydrogen-bond donors (Lipinski definition) is 1. The Kier molecular flexibility index (Phi) is 4.15. The lowest BCUT2D eigenvalue weighted by Crippen LogP contribution is -2.20. The maximum atomic E-state index is 10.5. The third-order valence-corrected chi connectivity index (χ3v) is 2.61. The highest BCUT2D eigenvalue weighted by atomic mass is 79.9. The van der Waals surface area contributed by atoms with Crippen molar-refractivity contribution in [2.45, 2.75) is 19.8 Å². The monoisotopic (exact) mass is 271 g/mol. The first-order valence-corrected chi connectivity index (χ1v) is 5.50. The lowest BCUT2D eigenvalue weighted by molar-refractivity contribution is -0.119. The highest BCUT2D eigenvalue weighted by Gasteiger charge is 2.06. The van der Waals surface area contributed by atoms with E-state index in [2.05, 4.69) is 29.8 Å². The van der Waals surface area contributed by atoms with Crippen LogP contribution in [0.5, 0.6) is 5.75 Å². The quantitative estimate of drug-likeness (QED) is 0.915. The average molecular weight is 272 g/mol. The van der Waals surface area contributed by atoms with Crippen molar-refractivity contribution in [2.24, 2.45) is 5.73 Å². The zero-order chi connectivity index (χ0) is 11.4. The number of benzene rings is 1. The van der Waals surface area contributed by atoms with Crippen LogP contribution in [-0.4, -0.2) is 12.5 Å². The Morgan fingerprint density at radius 1 is 1.53 bits per heavy atom. The number of primary amides is 1. The van der Waals surface area contributed by atoms with E-state index in [1.54, 1.807) is 0 Å². The van der Waals surface area contributed by atoms with E-state index in [4.69, 9.17) is 10.5 Å². The Morgan fingerprint density at radius 2 is 2.20 bits per heavy atom. The number of carbonyl (C=O) groups excluding carboxylic acids is 1. The highest BCUT2D eigenvalue weighted by molar-refractivity contribution is 9.10. The summed E-state index contributed by atoms with van der Waals surface area (Å²) in [4.78, 5) is 10.5. The van der Waals surface area contributed by atoms with Gasteiger partial charge < -0.3 is 10.5 Å². The van der Waals surface area contributed by atoms with Gasteiger partial charge in [0, 0.05) is 0 Å². The number of rotatable bonds is 4. The van der Waals surface area contributed by atoms with Gasteiger partial charge in [-0.05, 0) is 39.5 Å². The summed E-state index contributed by atoms with van der Waals surface area (Å²) in [5.74, 6) is 0.625. The molecule has 82 valence electrons. The van der Waals surface area contributed by atoms with Gasteiger partial charge in [-0.2, -0.15) is 0 Å². The van der Waals surface area contributed by atoms with Crippen LogP contribution in [0, 0.1) is 0 Å². The van der Waals surface area contributed by atoms with Crippen LogP contribution >= 0.6 is 15.9 Å². The molecular formula is C11H14BrNO2. The first kappa shape index (κ1) is 12.0. The van der Waals surface area contributed by atoms with Gasteiger partial charge in [-0.25, -0.2) is 0 Å². The van der Waals surface area contributed by atoms with E-state index < -0.39 is 5.91 Å². The van der Waals surface area contributed by atoms with Crippen LogP contribution < -0.4 is 10.5 Å². The smallest absolute Gasteiger partial charge is 0.255 e. The van der Waals surface area contributed by atoms with Crippen LogP contribution in [-0.2, 0) is 4.79 Å². The van der Waals surface area contributed by atoms with Crippen LogP contribution in [0.15, 0.2) is 22.7 Å². The Bertz CT molecular complexity index is 364. The summed E-state index contributed by atoms with van der Waals surface area (Å²) in [5.41, 5.74) is 6.21. The summed E-state index contributed by atoms with van der Waals surface area (Å²) < 4.78 is 6.05. The molecule has 0 bridgehead atoms. The van der Waals surface area contributed by atoms with Gasteiger partial charge in [-0.1, -0.05) is 19.9 Å². The van der Waals surface area contributed by atoms with Gasteiger partial charge in [0.05, 0.1) is 4.47 Å². The molecule has 0 spiro atoms. The molecule has 3 nitrogen and oxygen atoms in total. The first-order chi connectivity index (χ1) is 7.00. The van der Waals surface area contributed by atoms with Crippen molar-refractivity contribution in [3.63, 3.8) is 0 Å². The molecule has 1 aromatic carbocycles. The molecule has 15 heavy (non-hydrogen) atoms. The molecule has 0 aliphatic rings. The highest BCUT2D eigenvalue weighted by Crippen LogP contribution is 2.28. The number of ether oxygens (including phenoxy) is 1. The van der Waals surface area contributed by atoms with Gasteiger partial charge in [0.25, 0.3) is 5.91 Å². The van der Waals surface area contributed by atoms with Crippen molar-refractivity contribution in [1.29, 1.82) is 0 Å².